The van der Waals surface area contributed by atoms with Crippen molar-refractivity contribution >= 4 is 17.9 Å². The van der Waals surface area contributed by atoms with E-state index in [1.807, 2.05) is 32.9 Å². The third-order valence-corrected chi connectivity index (χ3v) is 4.54. The van der Waals surface area contributed by atoms with Crippen LogP contribution in [0.5, 0.6) is 5.75 Å². The number of urea groups is 1. The van der Waals surface area contributed by atoms with Crippen LogP contribution in [-0.4, -0.2) is 36.7 Å². The van der Waals surface area contributed by atoms with Crippen molar-refractivity contribution in [1.29, 1.82) is 0 Å². The number of nitrogens with one attached hydrogen (secondary N) is 2. The van der Waals surface area contributed by atoms with Gasteiger partial charge in [0, 0.05) is 6.04 Å². The minimum Gasteiger partial charge on any atom is -0.481 e. The van der Waals surface area contributed by atoms with Crippen LogP contribution in [0.15, 0.2) is 12.1 Å². The molecule has 1 aromatic carbocycles. The number of ether oxygens (including phenoxy) is 2. The normalized spacial score (nSPS) is 15.1. The monoisotopic (exact) mass is 376 g/mol. The molecule has 27 heavy (non-hydrogen) atoms. The van der Waals surface area contributed by atoms with Crippen molar-refractivity contribution in [2.75, 3.05) is 6.61 Å². The molecule has 0 aromatic heterocycles. The van der Waals surface area contributed by atoms with Crippen LogP contribution in [0, 0.1) is 20.8 Å². The zero-order valence-corrected chi connectivity index (χ0v) is 16.4. The summed E-state index contributed by atoms with van der Waals surface area (Å²) >= 11 is 0. The van der Waals surface area contributed by atoms with Gasteiger partial charge in [-0.25, -0.2) is 9.59 Å². The molecule has 0 unspecified atom stereocenters. The molecule has 1 aromatic rings. The maximum absolute atomic E-state index is 12.0. The van der Waals surface area contributed by atoms with Gasteiger partial charge in [0.2, 0.25) is 0 Å². The van der Waals surface area contributed by atoms with E-state index in [9.17, 15) is 14.4 Å². The van der Waals surface area contributed by atoms with E-state index in [2.05, 4.69) is 10.6 Å². The maximum Gasteiger partial charge on any atom is 0.344 e. The number of benzene rings is 1. The van der Waals surface area contributed by atoms with Crippen LogP contribution < -0.4 is 15.4 Å². The van der Waals surface area contributed by atoms with Crippen LogP contribution in [0.1, 0.15) is 49.3 Å². The number of hydrogen-bond acceptors (Lipinski definition) is 5. The van der Waals surface area contributed by atoms with Crippen molar-refractivity contribution in [3.63, 3.8) is 0 Å². The third-order valence-electron chi connectivity index (χ3n) is 4.54. The summed E-state index contributed by atoms with van der Waals surface area (Å²) in [4.78, 5) is 35.8. The molecule has 1 atom stereocenters. The van der Waals surface area contributed by atoms with E-state index >= 15 is 0 Å². The molecule has 0 aliphatic heterocycles. The van der Waals surface area contributed by atoms with Crippen LogP contribution >= 0.6 is 0 Å². The Bertz CT molecular complexity index is 687. The average Bonchev–Trinajstić information content (AvgIpc) is 3.06. The summed E-state index contributed by atoms with van der Waals surface area (Å²) in [6, 6.07) is 3.47. The van der Waals surface area contributed by atoms with E-state index in [1.165, 1.54) is 6.92 Å². The fraction of sp³-hybridized carbons (Fsp3) is 0.550. The number of carbonyl (C=O) groups is 3. The average molecular weight is 376 g/mol. The minimum atomic E-state index is -1.09. The topological polar surface area (TPSA) is 93.7 Å². The van der Waals surface area contributed by atoms with Gasteiger partial charge in [0.05, 0.1) is 0 Å². The third kappa shape index (κ3) is 6.27. The molecule has 1 fully saturated rings. The highest BCUT2D eigenvalue weighted by molar-refractivity contribution is 5.97. The summed E-state index contributed by atoms with van der Waals surface area (Å²) in [7, 11) is 0. The Labute approximate surface area is 159 Å². The highest BCUT2D eigenvalue weighted by atomic mass is 16.6. The summed E-state index contributed by atoms with van der Waals surface area (Å²) in [5, 5.41) is 4.95. The van der Waals surface area contributed by atoms with E-state index in [0.29, 0.717) is 5.75 Å². The van der Waals surface area contributed by atoms with Gasteiger partial charge < -0.3 is 14.8 Å². The summed E-state index contributed by atoms with van der Waals surface area (Å²) in [5.41, 5.74) is 2.96. The van der Waals surface area contributed by atoms with Crippen molar-refractivity contribution in [2.24, 2.45) is 0 Å². The highest BCUT2D eigenvalue weighted by Gasteiger charge is 2.23. The smallest absolute Gasteiger partial charge is 0.344 e. The predicted molar refractivity (Wildman–Crippen MR) is 101 cm³/mol. The quantitative estimate of drug-likeness (QED) is 0.745. The molecule has 3 amide bonds. The highest BCUT2D eigenvalue weighted by Crippen LogP contribution is 2.24. The van der Waals surface area contributed by atoms with Crippen LogP contribution in [0.3, 0.4) is 0 Å². The van der Waals surface area contributed by atoms with Crippen molar-refractivity contribution in [2.45, 2.75) is 65.5 Å². The van der Waals surface area contributed by atoms with Gasteiger partial charge in [-0.05, 0) is 51.7 Å². The Balaban J connectivity index is 1.77. The van der Waals surface area contributed by atoms with E-state index in [1.54, 1.807) is 0 Å². The molecular weight excluding hydrogens is 348 g/mol. The molecule has 148 valence electrons. The van der Waals surface area contributed by atoms with Crippen LogP contribution in [0.25, 0.3) is 0 Å². The molecule has 1 aliphatic rings. The Morgan fingerprint density at radius 2 is 1.70 bits per heavy atom. The van der Waals surface area contributed by atoms with Gasteiger partial charge in [-0.2, -0.15) is 0 Å². The Kier molecular flexibility index (Phi) is 7.21. The molecule has 1 aliphatic carbocycles. The summed E-state index contributed by atoms with van der Waals surface area (Å²) < 4.78 is 10.6. The molecule has 0 saturated heterocycles. The van der Waals surface area contributed by atoms with E-state index in [-0.39, 0.29) is 12.6 Å². The minimum absolute atomic E-state index is 0.102. The fourth-order valence-electron chi connectivity index (χ4n) is 3.32. The standard InChI is InChI=1S/C20H28N2O5/c1-12-9-13(2)18(14(3)10-12)26-11-17(23)27-15(4)19(24)22-20(25)21-16-7-5-6-8-16/h9-10,15-16H,5-8,11H2,1-4H3,(H2,21,22,24,25)/t15-/m0/s1. The molecule has 7 nitrogen and oxygen atoms in total. The first-order chi connectivity index (χ1) is 12.8. The Hall–Kier alpha value is -2.57. The zero-order valence-electron chi connectivity index (χ0n) is 16.4. The molecule has 2 rings (SSSR count). The SMILES string of the molecule is Cc1cc(C)c(OCC(=O)O[C@@H](C)C(=O)NC(=O)NC2CCCC2)c(C)c1. The van der Waals surface area contributed by atoms with Crippen LogP contribution in [0.4, 0.5) is 4.79 Å². The lowest BCUT2D eigenvalue weighted by atomic mass is 10.1. The zero-order chi connectivity index (χ0) is 20.0. The number of imide groups is 1. The molecular formula is C20H28N2O5. The van der Waals surface area contributed by atoms with Crippen LogP contribution in [-0.2, 0) is 14.3 Å². The Morgan fingerprint density at radius 1 is 1.11 bits per heavy atom. The Morgan fingerprint density at radius 3 is 2.30 bits per heavy atom. The largest absolute Gasteiger partial charge is 0.481 e. The van der Waals surface area contributed by atoms with E-state index < -0.39 is 24.0 Å². The van der Waals surface area contributed by atoms with Crippen molar-refractivity contribution in [1.82, 2.24) is 10.6 Å². The predicted octanol–water partition coefficient (Wildman–Crippen LogP) is 2.69. The van der Waals surface area contributed by atoms with E-state index in [4.69, 9.17) is 9.47 Å². The second-order valence-corrected chi connectivity index (χ2v) is 7.09. The molecule has 7 heteroatoms. The summed E-state index contributed by atoms with van der Waals surface area (Å²) in [6.07, 6.45) is 2.90. The van der Waals surface area contributed by atoms with Crippen molar-refractivity contribution < 1.29 is 23.9 Å². The van der Waals surface area contributed by atoms with Gasteiger partial charge in [-0.15, -0.1) is 0 Å². The first-order valence-corrected chi connectivity index (χ1v) is 9.27. The van der Waals surface area contributed by atoms with Crippen LogP contribution in [0.2, 0.25) is 0 Å². The number of hydrogen-bond donors (Lipinski definition) is 2. The van der Waals surface area contributed by atoms with Crippen molar-refractivity contribution in [3.8, 4) is 5.75 Å². The van der Waals surface area contributed by atoms with Gasteiger partial charge >= 0.3 is 12.0 Å². The molecule has 2 N–H and O–H groups in total. The lowest BCUT2D eigenvalue weighted by Gasteiger charge is -2.16. The maximum atomic E-state index is 12.0. The first kappa shape index (κ1) is 20.7. The van der Waals surface area contributed by atoms with Gasteiger partial charge in [0.1, 0.15) is 5.75 Å². The molecule has 0 spiro atoms. The number of esters is 1. The molecule has 1 saturated carbocycles. The van der Waals surface area contributed by atoms with Gasteiger partial charge in [-0.3, -0.25) is 10.1 Å². The van der Waals surface area contributed by atoms with Crippen molar-refractivity contribution in [3.05, 3.63) is 28.8 Å². The summed E-state index contributed by atoms with van der Waals surface area (Å²) in [6.45, 7) is 6.90. The number of amides is 3. The van der Waals surface area contributed by atoms with Gasteiger partial charge in [-0.1, -0.05) is 30.5 Å². The first-order valence-electron chi connectivity index (χ1n) is 9.27. The van der Waals surface area contributed by atoms with Gasteiger partial charge in [0.15, 0.2) is 12.7 Å². The number of aryl methyl sites for hydroxylation is 3. The lowest BCUT2D eigenvalue weighted by molar-refractivity contribution is -0.156. The second-order valence-electron chi connectivity index (χ2n) is 7.09. The number of rotatable bonds is 6. The molecule has 0 heterocycles. The summed E-state index contributed by atoms with van der Waals surface area (Å²) in [5.74, 6) is -0.708. The molecule has 0 radical (unpaired) electrons. The lowest BCUT2D eigenvalue weighted by Crippen LogP contribution is -2.47. The fourth-order valence-corrected chi connectivity index (χ4v) is 3.32. The number of carbonyl (C=O) groups excluding carboxylic acids is 3. The second kappa shape index (κ2) is 9.39. The molecule has 0 bridgehead atoms. The van der Waals surface area contributed by atoms with Gasteiger partial charge in [0.25, 0.3) is 5.91 Å². The van der Waals surface area contributed by atoms with E-state index in [0.717, 1.165) is 42.4 Å².